The summed E-state index contributed by atoms with van der Waals surface area (Å²) in [6.07, 6.45) is 1.54. The lowest BCUT2D eigenvalue weighted by atomic mass is 9.96. The molecule has 178 valence electrons. The van der Waals surface area contributed by atoms with Crippen LogP contribution in [0.1, 0.15) is 17.2 Å². The molecule has 35 heavy (non-hydrogen) atoms. The van der Waals surface area contributed by atoms with Crippen molar-refractivity contribution in [3.63, 3.8) is 0 Å². The number of nitrogens with zero attached hydrogens (tertiary/aromatic N) is 4. The fraction of sp³-hybridized carbons (Fsp3) is 0.185. The van der Waals surface area contributed by atoms with Gasteiger partial charge in [-0.25, -0.2) is 9.97 Å². The van der Waals surface area contributed by atoms with Gasteiger partial charge in [0.1, 0.15) is 12.0 Å². The summed E-state index contributed by atoms with van der Waals surface area (Å²) in [5.41, 5.74) is 10.4. The fourth-order valence-corrected chi connectivity index (χ4v) is 4.82. The molecule has 0 bridgehead atoms. The van der Waals surface area contributed by atoms with Crippen LogP contribution >= 0.6 is 23.2 Å². The average molecular weight is 505 g/mol. The second-order valence-corrected chi connectivity index (χ2v) is 9.27. The van der Waals surface area contributed by atoms with Crippen LogP contribution in [0.15, 0.2) is 85.2 Å². The minimum atomic E-state index is 0.203. The van der Waals surface area contributed by atoms with Gasteiger partial charge in [-0.1, -0.05) is 83.9 Å². The van der Waals surface area contributed by atoms with Gasteiger partial charge in [-0.05, 0) is 29.3 Å². The molecule has 0 atom stereocenters. The lowest BCUT2D eigenvalue weighted by molar-refractivity contribution is 0.212. The number of benzene rings is 3. The van der Waals surface area contributed by atoms with E-state index in [1.165, 1.54) is 17.5 Å². The molecule has 0 saturated carbocycles. The first-order valence-corrected chi connectivity index (χ1v) is 12.3. The number of nitrogens with two attached hydrogens (primary N) is 1. The highest BCUT2D eigenvalue weighted by Crippen LogP contribution is 2.34. The van der Waals surface area contributed by atoms with Crippen LogP contribution in [0.3, 0.4) is 0 Å². The molecule has 5 rings (SSSR count). The Morgan fingerprint density at radius 1 is 0.771 bits per heavy atom. The number of anilines is 4. The zero-order valence-electron chi connectivity index (χ0n) is 19.1. The van der Waals surface area contributed by atoms with Gasteiger partial charge < -0.3 is 16.0 Å². The van der Waals surface area contributed by atoms with E-state index in [1.54, 1.807) is 12.1 Å². The summed E-state index contributed by atoms with van der Waals surface area (Å²) in [6.45, 7) is 3.38. The topological polar surface area (TPSA) is 70.3 Å². The lowest BCUT2D eigenvalue weighted by Crippen LogP contribution is -2.48. The molecule has 1 aromatic heterocycles. The predicted molar refractivity (Wildman–Crippen MR) is 145 cm³/mol. The minimum Gasteiger partial charge on any atom is -0.393 e. The Balaban J connectivity index is 1.33. The minimum absolute atomic E-state index is 0.203. The maximum absolute atomic E-state index is 6.50. The van der Waals surface area contributed by atoms with Crippen LogP contribution in [-0.2, 0) is 0 Å². The number of rotatable bonds is 6. The molecule has 1 aliphatic rings. The van der Waals surface area contributed by atoms with Crippen molar-refractivity contribution in [3.8, 4) is 0 Å². The van der Waals surface area contributed by atoms with Crippen molar-refractivity contribution in [1.29, 1.82) is 0 Å². The molecule has 1 aliphatic heterocycles. The standard InChI is InChI=1S/C27H26Cl2N6/c28-22-12-11-21(17-23(22)29)33-26-24(30)27(32-18-31-26)35-15-13-34(14-16-35)25(19-7-3-1-4-8-19)20-9-5-2-6-10-20/h1-12,17-18,25H,13-16,30H2,(H,31,32,33). The molecule has 2 heterocycles. The van der Waals surface area contributed by atoms with Gasteiger partial charge in [-0.15, -0.1) is 0 Å². The van der Waals surface area contributed by atoms with E-state index < -0.39 is 0 Å². The van der Waals surface area contributed by atoms with Crippen molar-refractivity contribution < 1.29 is 0 Å². The van der Waals surface area contributed by atoms with Gasteiger partial charge in [-0.2, -0.15) is 0 Å². The van der Waals surface area contributed by atoms with E-state index in [9.17, 15) is 0 Å². The SMILES string of the molecule is Nc1c(Nc2ccc(Cl)c(Cl)c2)ncnc1N1CCN(C(c2ccccc2)c2ccccc2)CC1. The fourth-order valence-electron chi connectivity index (χ4n) is 4.53. The van der Waals surface area contributed by atoms with E-state index in [2.05, 4.69) is 85.7 Å². The van der Waals surface area contributed by atoms with Crippen molar-refractivity contribution in [2.24, 2.45) is 0 Å². The molecule has 4 aromatic rings. The summed E-state index contributed by atoms with van der Waals surface area (Å²) >= 11 is 12.2. The first-order chi connectivity index (χ1) is 17.1. The molecule has 3 aromatic carbocycles. The molecule has 0 unspecified atom stereocenters. The van der Waals surface area contributed by atoms with Crippen LogP contribution in [0, 0.1) is 0 Å². The molecular weight excluding hydrogens is 479 g/mol. The van der Waals surface area contributed by atoms with Gasteiger partial charge in [0.15, 0.2) is 11.6 Å². The third-order valence-corrected chi connectivity index (χ3v) is 6.99. The molecule has 3 N–H and O–H groups in total. The van der Waals surface area contributed by atoms with Crippen LogP contribution in [0.4, 0.5) is 23.0 Å². The maximum Gasteiger partial charge on any atom is 0.159 e. The van der Waals surface area contributed by atoms with Crippen molar-refractivity contribution in [1.82, 2.24) is 14.9 Å². The first-order valence-electron chi connectivity index (χ1n) is 11.5. The van der Waals surface area contributed by atoms with Crippen molar-refractivity contribution in [2.75, 3.05) is 42.1 Å². The molecule has 6 nitrogen and oxygen atoms in total. The number of hydrogen-bond acceptors (Lipinski definition) is 6. The second-order valence-electron chi connectivity index (χ2n) is 8.46. The Morgan fingerprint density at radius 2 is 1.40 bits per heavy atom. The summed E-state index contributed by atoms with van der Waals surface area (Å²) in [7, 11) is 0. The Labute approximate surface area is 215 Å². The number of halogens is 2. The van der Waals surface area contributed by atoms with E-state index >= 15 is 0 Å². The first kappa shape index (κ1) is 23.4. The summed E-state index contributed by atoms with van der Waals surface area (Å²) in [6, 6.07) is 26.9. The van der Waals surface area contributed by atoms with E-state index in [4.69, 9.17) is 28.9 Å². The van der Waals surface area contributed by atoms with E-state index in [0.29, 0.717) is 21.6 Å². The van der Waals surface area contributed by atoms with E-state index in [-0.39, 0.29) is 6.04 Å². The van der Waals surface area contributed by atoms with Gasteiger partial charge in [0.2, 0.25) is 0 Å². The number of aromatic nitrogens is 2. The molecule has 1 saturated heterocycles. The highest BCUT2D eigenvalue weighted by atomic mass is 35.5. The second kappa shape index (κ2) is 10.5. The molecule has 8 heteroatoms. The normalized spacial score (nSPS) is 14.3. The third kappa shape index (κ3) is 5.20. The van der Waals surface area contributed by atoms with Gasteiger partial charge in [-0.3, -0.25) is 4.90 Å². The number of piperazine rings is 1. The Kier molecular flexibility index (Phi) is 7.04. The quantitative estimate of drug-likeness (QED) is 0.334. The van der Waals surface area contributed by atoms with Crippen LogP contribution in [0.25, 0.3) is 0 Å². The Hall–Kier alpha value is -3.32. The molecule has 0 spiro atoms. The predicted octanol–water partition coefficient (Wildman–Crippen LogP) is 6.02. The van der Waals surface area contributed by atoms with Gasteiger partial charge in [0.05, 0.1) is 16.1 Å². The van der Waals surface area contributed by atoms with Crippen molar-refractivity contribution in [3.05, 3.63) is 106 Å². The number of nitrogen functional groups attached to an aromatic ring is 1. The summed E-state index contributed by atoms with van der Waals surface area (Å²) in [5, 5.41) is 4.19. The molecule has 0 radical (unpaired) electrons. The Bertz CT molecular complexity index is 1240. The summed E-state index contributed by atoms with van der Waals surface area (Å²) < 4.78 is 0. The van der Waals surface area contributed by atoms with Gasteiger partial charge >= 0.3 is 0 Å². The largest absolute Gasteiger partial charge is 0.393 e. The van der Waals surface area contributed by atoms with Crippen LogP contribution in [-0.4, -0.2) is 41.0 Å². The van der Waals surface area contributed by atoms with Crippen LogP contribution in [0.5, 0.6) is 0 Å². The van der Waals surface area contributed by atoms with Crippen LogP contribution < -0.4 is 16.0 Å². The monoisotopic (exact) mass is 504 g/mol. The molecule has 1 fully saturated rings. The molecule has 0 amide bonds. The van der Waals surface area contributed by atoms with Crippen molar-refractivity contribution >= 4 is 46.2 Å². The molecular formula is C27H26Cl2N6. The Morgan fingerprint density at radius 3 is 2.00 bits per heavy atom. The smallest absolute Gasteiger partial charge is 0.159 e. The zero-order valence-corrected chi connectivity index (χ0v) is 20.6. The lowest BCUT2D eigenvalue weighted by Gasteiger charge is -2.40. The van der Waals surface area contributed by atoms with Gasteiger partial charge in [0, 0.05) is 31.9 Å². The van der Waals surface area contributed by atoms with E-state index in [0.717, 1.165) is 37.7 Å². The molecule has 0 aliphatic carbocycles. The summed E-state index contributed by atoms with van der Waals surface area (Å²) in [4.78, 5) is 13.6. The number of hydrogen-bond donors (Lipinski definition) is 2. The van der Waals surface area contributed by atoms with Gasteiger partial charge in [0.25, 0.3) is 0 Å². The average Bonchev–Trinajstić information content (AvgIpc) is 2.89. The number of nitrogens with one attached hydrogen (secondary N) is 1. The maximum atomic E-state index is 6.50. The highest BCUT2D eigenvalue weighted by Gasteiger charge is 2.28. The van der Waals surface area contributed by atoms with Crippen LogP contribution in [0.2, 0.25) is 10.0 Å². The highest BCUT2D eigenvalue weighted by molar-refractivity contribution is 6.42. The van der Waals surface area contributed by atoms with Crippen molar-refractivity contribution in [2.45, 2.75) is 6.04 Å². The summed E-state index contributed by atoms with van der Waals surface area (Å²) in [5.74, 6) is 1.28. The zero-order chi connectivity index (χ0) is 24.2. The third-order valence-electron chi connectivity index (χ3n) is 6.25. The van der Waals surface area contributed by atoms with E-state index in [1.807, 2.05) is 6.07 Å².